The van der Waals surface area contributed by atoms with Crippen molar-refractivity contribution in [1.82, 2.24) is 10.6 Å². The monoisotopic (exact) mass is 468 g/mol. The molecule has 0 radical (unpaired) electrons. The van der Waals surface area contributed by atoms with Crippen LogP contribution >= 0.6 is 0 Å². The molecule has 2 aromatic rings. The molecule has 3 saturated carbocycles. The first kappa shape index (κ1) is 22.7. The summed E-state index contributed by atoms with van der Waals surface area (Å²) in [4.78, 5) is 25.5. The zero-order valence-corrected chi connectivity index (χ0v) is 19.1. The molecule has 1 aliphatic heterocycles. The predicted octanol–water partition coefficient (Wildman–Crippen LogP) is 2.57. The Bertz CT molecular complexity index is 1090. The van der Waals surface area contributed by atoms with E-state index in [2.05, 4.69) is 10.6 Å². The van der Waals surface area contributed by atoms with Crippen LogP contribution in [0, 0.1) is 12.7 Å². The number of halogens is 1. The molecule has 2 bridgehead atoms. The van der Waals surface area contributed by atoms with E-state index in [1.54, 1.807) is 19.1 Å². The van der Waals surface area contributed by atoms with Crippen molar-refractivity contribution in [3.63, 3.8) is 0 Å². The Morgan fingerprint density at radius 2 is 1.91 bits per heavy atom. The van der Waals surface area contributed by atoms with Gasteiger partial charge in [-0.25, -0.2) is 4.39 Å². The van der Waals surface area contributed by atoms with Crippen molar-refractivity contribution in [2.75, 3.05) is 6.61 Å². The van der Waals surface area contributed by atoms with Crippen LogP contribution in [0.2, 0.25) is 0 Å². The summed E-state index contributed by atoms with van der Waals surface area (Å²) in [6.45, 7) is 1.42. The zero-order chi connectivity index (χ0) is 23.9. The molecular weight excluding hydrogens is 439 g/mol. The predicted molar refractivity (Wildman–Crippen MR) is 122 cm³/mol. The molecule has 0 spiro atoms. The van der Waals surface area contributed by atoms with Crippen molar-refractivity contribution in [3.8, 4) is 11.5 Å². The summed E-state index contributed by atoms with van der Waals surface area (Å²) in [5.74, 6) is 0.104. The lowest BCUT2D eigenvalue weighted by atomic mass is 9.60. The summed E-state index contributed by atoms with van der Waals surface area (Å²) in [5.41, 5.74) is 0.266. The van der Waals surface area contributed by atoms with Crippen LogP contribution in [0.3, 0.4) is 0 Å². The van der Waals surface area contributed by atoms with Gasteiger partial charge in [0.15, 0.2) is 12.7 Å². The Hall–Kier alpha value is -3.13. The van der Waals surface area contributed by atoms with Gasteiger partial charge < -0.3 is 25.2 Å². The van der Waals surface area contributed by atoms with E-state index < -0.39 is 23.3 Å². The van der Waals surface area contributed by atoms with Gasteiger partial charge in [-0.1, -0.05) is 24.3 Å². The van der Waals surface area contributed by atoms with Crippen molar-refractivity contribution in [3.05, 3.63) is 59.4 Å². The normalized spacial score (nSPS) is 29.1. The molecule has 3 N–H and O–H groups in total. The first-order valence-electron chi connectivity index (χ1n) is 11.7. The van der Waals surface area contributed by atoms with E-state index >= 15 is 0 Å². The van der Waals surface area contributed by atoms with Gasteiger partial charge >= 0.3 is 0 Å². The van der Waals surface area contributed by atoms with Gasteiger partial charge in [-0.2, -0.15) is 0 Å². The van der Waals surface area contributed by atoms with Crippen LogP contribution in [0.5, 0.6) is 11.5 Å². The minimum absolute atomic E-state index is 0.215. The molecule has 2 atom stereocenters. The van der Waals surface area contributed by atoms with Gasteiger partial charge in [0.2, 0.25) is 0 Å². The number of nitrogens with one attached hydrogen (secondary N) is 2. The maximum Gasteiger partial charge on any atom is 0.261 e. The first-order chi connectivity index (χ1) is 16.3. The fourth-order valence-electron chi connectivity index (χ4n) is 5.46. The van der Waals surface area contributed by atoms with Crippen molar-refractivity contribution in [2.45, 2.75) is 68.7 Å². The molecule has 4 aliphatic rings. The quantitative estimate of drug-likeness (QED) is 0.606. The highest BCUT2D eigenvalue weighted by Gasteiger charge is 2.55. The lowest BCUT2D eigenvalue weighted by Crippen LogP contribution is -2.71. The number of aryl methyl sites for hydroxylation is 1. The molecule has 6 rings (SSSR count). The number of ether oxygens (including phenoxy) is 2. The third kappa shape index (κ3) is 4.22. The van der Waals surface area contributed by atoms with E-state index in [0.29, 0.717) is 49.8 Å². The molecule has 180 valence electrons. The number of para-hydroxylation sites is 1. The standard InChI is InChI=1S/C26H29FN2O5/c1-16-6-7-18(13-19(16)27)33-15-23(31)28-25-8-10-26(11-9-25,22(30)14-25)29-24(32)21-12-17-4-2-3-5-20(17)34-21/h2-7,13,21-22,30H,8-12,14-15H2,1H3,(H,28,31)(H,29,32). The highest BCUT2D eigenvalue weighted by molar-refractivity contribution is 5.83. The Morgan fingerprint density at radius 3 is 2.62 bits per heavy atom. The van der Waals surface area contributed by atoms with Crippen LogP contribution in [0.4, 0.5) is 4.39 Å². The van der Waals surface area contributed by atoms with E-state index in [9.17, 15) is 19.1 Å². The number of amides is 2. The topological polar surface area (TPSA) is 96.9 Å². The zero-order valence-electron chi connectivity index (χ0n) is 19.1. The van der Waals surface area contributed by atoms with E-state index in [-0.39, 0.29) is 24.2 Å². The van der Waals surface area contributed by atoms with Gasteiger partial charge in [0.05, 0.1) is 11.6 Å². The summed E-state index contributed by atoms with van der Waals surface area (Å²) in [6, 6.07) is 12.1. The van der Waals surface area contributed by atoms with Gasteiger partial charge in [0.1, 0.15) is 17.3 Å². The fourth-order valence-corrected chi connectivity index (χ4v) is 5.46. The van der Waals surface area contributed by atoms with Crippen LogP contribution in [-0.4, -0.2) is 46.8 Å². The maximum atomic E-state index is 13.7. The van der Waals surface area contributed by atoms with Gasteiger partial charge in [-0.3, -0.25) is 9.59 Å². The van der Waals surface area contributed by atoms with Crippen LogP contribution in [0.25, 0.3) is 0 Å². The number of aliphatic hydroxyl groups is 1. The second-order valence-corrected chi connectivity index (χ2v) is 9.81. The molecule has 2 aromatic carbocycles. The van der Waals surface area contributed by atoms with E-state index in [4.69, 9.17) is 9.47 Å². The molecule has 0 aromatic heterocycles. The third-order valence-corrected chi connectivity index (χ3v) is 7.55. The number of rotatable bonds is 6. The van der Waals surface area contributed by atoms with Crippen LogP contribution in [0.1, 0.15) is 43.2 Å². The fraction of sp³-hybridized carbons (Fsp3) is 0.462. The van der Waals surface area contributed by atoms with Crippen molar-refractivity contribution < 1.29 is 28.6 Å². The highest BCUT2D eigenvalue weighted by Crippen LogP contribution is 2.47. The number of benzene rings is 2. The summed E-state index contributed by atoms with van der Waals surface area (Å²) in [6.07, 6.45) is 1.88. The lowest BCUT2D eigenvalue weighted by molar-refractivity contribution is -0.139. The second kappa shape index (κ2) is 8.58. The minimum atomic E-state index is -0.782. The SMILES string of the molecule is Cc1ccc(OCC(=O)NC23CCC(NC(=O)C4Cc5ccccc5O4)(CC2)C(O)C3)cc1F. The summed E-state index contributed by atoms with van der Waals surface area (Å²) in [7, 11) is 0. The van der Waals surface area contributed by atoms with Crippen LogP contribution in [-0.2, 0) is 16.0 Å². The molecule has 0 saturated heterocycles. The van der Waals surface area contributed by atoms with Gasteiger partial charge in [-0.15, -0.1) is 0 Å². The molecule has 8 heteroatoms. The average Bonchev–Trinajstić information content (AvgIpc) is 3.26. The number of carbonyl (C=O) groups excluding carboxylic acids is 2. The van der Waals surface area contributed by atoms with Crippen LogP contribution < -0.4 is 20.1 Å². The molecule has 34 heavy (non-hydrogen) atoms. The molecule has 3 aliphatic carbocycles. The Labute approximate surface area is 197 Å². The molecule has 1 heterocycles. The van der Waals surface area contributed by atoms with Crippen molar-refractivity contribution in [2.24, 2.45) is 0 Å². The minimum Gasteiger partial charge on any atom is -0.484 e. The smallest absolute Gasteiger partial charge is 0.261 e. The van der Waals surface area contributed by atoms with E-state index in [0.717, 1.165) is 11.3 Å². The first-order valence-corrected chi connectivity index (χ1v) is 11.7. The lowest BCUT2D eigenvalue weighted by Gasteiger charge is -2.56. The average molecular weight is 469 g/mol. The number of hydrogen-bond acceptors (Lipinski definition) is 5. The number of hydrogen-bond donors (Lipinski definition) is 3. The number of fused-ring (bicyclic) bond motifs is 4. The maximum absolute atomic E-state index is 13.7. The Morgan fingerprint density at radius 1 is 1.15 bits per heavy atom. The van der Waals surface area contributed by atoms with Gasteiger partial charge in [0.25, 0.3) is 11.8 Å². The number of carbonyl (C=O) groups is 2. The van der Waals surface area contributed by atoms with Gasteiger partial charge in [0, 0.05) is 18.0 Å². The molecule has 2 unspecified atom stereocenters. The molecule has 2 amide bonds. The summed E-state index contributed by atoms with van der Waals surface area (Å²) < 4.78 is 24.9. The van der Waals surface area contributed by atoms with Crippen molar-refractivity contribution >= 4 is 11.8 Å². The Balaban J connectivity index is 1.16. The van der Waals surface area contributed by atoms with E-state index in [1.165, 1.54) is 6.07 Å². The molecular formula is C26H29FN2O5. The summed E-state index contributed by atoms with van der Waals surface area (Å²) in [5, 5.41) is 17.1. The number of aliphatic hydroxyl groups excluding tert-OH is 1. The van der Waals surface area contributed by atoms with Crippen LogP contribution in [0.15, 0.2) is 42.5 Å². The highest BCUT2D eigenvalue weighted by atomic mass is 19.1. The Kier molecular flexibility index (Phi) is 5.72. The summed E-state index contributed by atoms with van der Waals surface area (Å²) >= 11 is 0. The third-order valence-electron chi connectivity index (χ3n) is 7.55. The largest absolute Gasteiger partial charge is 0.484 e. The molecule has 3 fully saturated rings. The molecule has 7 nitrogen and oxygen atoms in total. The van der Waals surface area contributed by atoms with Gasteiger partial charge in [-0.05, 0) is 62.3 Å². The van der Waals surface area contributed by atoms with Crippen molar-refractivity contribution in [1.29, 1.82) is 0 Å². The second-order valence-electron chi connectivity index (χ2n) is 9.81. The van der Waals surface area contributed by atoms with E-state index in [1.807, 2.05) is 24.3 Å².